The predicted octanol–water partition coefficient (Wildman–Crippen LogP) is 6.84. The number of rotatable bonds is 7. The molecule has 1 aromatic heterocycles. The maximum Gasteiger partial charge on any atom is 0.434 e. The zero-order chi connectivity index (χ0) is 24.8. The minimum Gasteiger partial charge on any atom is -0.457 e. The largest absolute Gasteiger partial charge is 0.457 e. The first kappa shape index (κ1) is 24.2. The van der Waals surface area contributed by atoms with Gasteiger partial charge in [-0.2, -0.15) is 13.2 Å². The summed E-state index contributed by atoms with van der Waals surface area (Å²) in [5.74, 6) is -1.47. The van der Waals surface area contributed by atoms with Crippen molar-refractivity contribution in [2.45, 2.75) is 19.2 Å². The first-order chi connectivity index (χ1) is 16.8. The first-order valence-electron chi connectivity index (χ1n) is 10.6. The van der Waals surface area contributed by atoms with Gasteiger partial charge in [0.25, 0.3) is 0 Å². The number of nitrogens with zero attached hydrogens (tertiary/aromatic N) is 2. The Kier molecular flexibility index (Phi) is 7.31. The number of hydrogen-bond donors (Lipinski definition) is 1. The van der Waals surface area contributed by atoms with Gasteiger partial charge in [-0.25, -0.2) is 14.8 Å². The van der Waals surface area contributed by atoms with Gasteiger partial charge in [0.15, 0.2) is 5.69 Å². The zero-order valence-corrected chi connectivity index (χ0v) is 19.0. The van der Waals surface area contributed by atoms with Crippen LogP contribution in [0.15, 0.2) is 84.9 Å². The summed E-state index contributed by atoms with van der Waals surface area (Å²) < 4.78 is 47.6. The topological polar surface area (TPSA) is 64.1 Å². The Balaban J connectivity index is 1.77. The van der Waals surface area contributed by atoms with Crippen molar-refractivity contribution in [3.05, 3.63) is 118 Å². The van der Waals surface area contributed by atoms with E-state index < -0.39 is 23.4 Å². The van der Waals surface area contributed by atoms with E-state index in [2.05, 4.69) is 15.3 Å². The van der Waals surface area contributed by atoms with Gasteiger partial charge in [0.05, 0.1) is 5.69 Å². The third-order valence-corrected chi connectivity index (χ3v) is 5.20. The molecule has 0 saturated heterocycles. The molecule has 0 aliphatic heterocycles. The number of carbonyl (C=O) groups is 1. The molecule has 35 heavy (non-hydrogen) atoms. The Morgan fingerprint density at radius 1 is 0.886 bits per heavy atom. The lowest BCUT2D eigenvalue weighted by Gasteiger charge is -2.17. The Hall–Kier alpha value is -3.91. The van der Waals surface area contributed by atoms with Gasteiger partial charge in [0.2, 0.25) is 5.95 Å². The number of alkyl halides is 3. The summed E-state index contributed by atoms with van der Waals surface area (Å²) in [7, 11) is 0. The van der Waals surface area contributed by atoms with Crippen LogP contribution in [0.2, 0.25) is 5.02 Å². The lowest BCUT2D eigenvalue weighted by molar-refractivity contribution is -0.141. The summed E-state index contributed by atoms with van der Waals surface area (Å²) in [4.78, 5) is 20.9. The predicted molar refractivity (Wildman–Crippen MR) is 127 cm³/mol. The van der Waals surface area contributed by atoms with Gasteiger partial charge in [-0.1, -0.05) is 78.3 Å². The van der Waals surface area contributed by atoms with E-state index >= 15 is 0 Å². The third kappa shape index (κ3) is 6.36. The van der Waals surface area contributed by atoms with Crippen molar-refractivity contribution in [3.63, 3.8) is 0 Å². The monoisotopic (exact) mass is 497 g/mol. The smallest absolute Gasteiger partial charge is 0.434 e. The van der Waals surface area contributed by atoms with Crippen molar-refractivity contribution < 1.29 is 22.7 Å². The standard InChI is InChI=1S/C26H19ClF3N3O2/c27-19-12-7-13-20(15-19)31-25-32-21(14-17-8-3-1-4-9-17)22(23(33-25)26(28,29)30)24(34)35-16-18-10-5-2-6-11-18/h1-13,15H,14,16H2,(H,31,32,33). The van der Waals surface area contributed by atoms with Crippen molar-refractivity contribution >= 4 is 29.2 Å². The van der Waals surface area contributed by atoms with Crippen molar-refractivity contribution in [3.8, 4) is 0 Å². The molecule has 3 aromatic carbocycles. The molecular weight excluding hydrogens is 479 g/mol. The highest BCUT2D eigenvalue weighted by atomic mass is 35.5. The van der Waals surface area contributed by atoms with Gasteiger partial charge in [0, 0.05) is 17.1 Å². The number of ether oxygens (including phenoxy) is 1. The molecule has 0 saturated carbocycles. The molecule has 0 radical (unpaired) electrons. The van der Waals surface area contributed by atoms with Gasteiger partial charge in [-0.3, -0.25) is 0 Å². The quantitative estimate of drug-likeness (QED) is 0.283. The number of hydrogen-bond acceptors (Lipinski definition) is 5. The van der Waals surface area contributed by atoms with E-state index in [1.165, 1.54) is 6.07 Å². The molecule has 1 N–H and O–H groups in total. The molecule has 1 heterocycles. The van der Waals surface area contributed by atoms with Crippen LogP contribution in [0.4, 0.5) is 24.8 Å². The van der Waals surface area contributed by atoms with Gasteiger partial charge >= 0.3 is 12.1 Å². The molecule has 0 atom stereocenters. The van der Waals surface area contributed by atoms with Crippen molar-refractivity contribution in [1.82, 2.24) is 9.97 Å². The average Bonchev–Trinajstić information content (AvgIpc) is 2.83. The minimum atomic E-state index is -4.93. The second-order valence-corrected chi connectivity index (χ2v) is 8.01. The van der Waals surface area contributed by atoms with Crippen LogP contribution in [-0.2, 0) is 23.9 Å². The Morgan fingerprint density at radius 3 is 2.17 bits per heavy atom. The van der Waals surface area contributed by atoms with Crippen molar-refractivity contribution in [1.29, 1.82) is 0 Å². The molecular formula is C26H19ClF3N3O2. The van der Waals surface area contributed by atoms with Crippen LogP contribution >= 0.6 is 11.6 Å². The number of benzene rings is 3. The second-order valence-electron chi connectivity index (χ2n) is 7.57. The summed E-state index contributed by atoms with van der Waals surface area (Å²) in [6.45, 7) is -0.190. The van der Waals surface area contributed by atoms with Crippen molar-refractivity contribution in [2.24, 2.45) is 0 Å². The van der Waals surface area contributed by atoms with Gasteiger partial charge in [-0.05, 0) is 29.3 Å². The van der Waals surface area contributed by atoms with Crippen LogP contribution in [0, 0.1) is 0 Å². The average molecular weight is 498 g/mol. The number of anilines is 2. The summed E-state index contributed by atoms with van der Waals surface area (Å²) in [6.07, 6.45) is -4.97. The first-order valence-corrected chi connectivity index (χ1v) is 10.9. The van der Waals surface area contributed by atoms with E-state index in [1.807, 2.05) is 0 Å². The number of nitrogens with one attached hydrogen (secondary N) is 1. The lowest BCUT2D eigenvalue weighted by Crippen LogP contribution is -2.22. The highest BCUT2D eigenvalue weighted by Crippen LogP contribution is 2.34. The molecule has 0 aliphatic rings. The Morgan fingerprint density at radius 2 is 1.54 bits per heavy atom. The maximum absolute atomic E-state index is 14.1. The van der Waals surface area contributed by atoms with E-state index in [9.17, 15) is 18.0 Å². The molecule has 4 rings (SSSR count). The summed E-state index contributed by atoms with van der Waals surface area (Å²) >= 11 is 5.98. The van der Waals surface area contributed by atoms with Crippen LogP contribution in [0.5, 0.6) is 0 Å². The number of carbonyl (C=O) groups excluding carboxylic acids is 1. The third-order valence-electron chi connectivity index (χ3n) is 4.96. The van der Waals surface area contributed by atoms with Crippen molar-refractivity contribution in [2.75, 3.05) is 5.32 Å². The molecule has 0 bridgehead atoms. The molecule has 0 unspecified atom stereocenters. The summed E-state index contributed by atoms with van der Waals surface area (Å²) in [5.41, 5.74) is -0.490. The van der Waals surface area contributed by atoms with Crippen LogP contribution < -0.4 is 5.32 Å². The van der Waals surface area contributed by atoms with E-state index in [-0.39, 0.29) is 24.7 Å². The van der Waals surface area contributed by atoms with Crippen LogP contribution in [0.25, 0.3) is 0 Å². The fourth-order valence-electron chi connectivity index (χ4n) is 3.39. The van der Waals surface area contributed by atoms with Crippen LogP contribution in [0.1, 0.15) is 32.9 Å². The lowest BCUT2D eigenvalue weighted by atomic mass is 10.0. The van der Waals surface area contributed by atoms with E-state index in [4.69, 9.17) is 16.3 Å². The fourth-order valence-corrected chi connectivity index (χ4v) is 3.58. The van der Waals surface area contributed by atoms with E-state index in [0.29, 0.717) is 21.8 Å². The molecule has 0 aliphatic carbocycles. The van der Waals surface area contributed by atoms with Gasteiger partial charge in [-0.15, -0.1) is 0 Å². The Bertz CT molecular complexity index is 1320. The highest BCUT2D eigenvalue weighted by molar-refractivity contribution is 6.30. The molecule has 5 nitrogen and oxygen atoms in total. The molecule has 0 spiro atoms. The molecule has 9 heteroatoms. The van der Waals surface area contributed by atoms with E-state index in [0.717, 1.165) is 0 Å². The number of halogens is 4. The second kappa shape index (κ2) is 10.6. The van der Waals surface area contributed by atoms with Crippen LogP contribution in [-0.4, -0.2) is 15.9 Å². The van der Waals surface area contributed by atoms with E-state index in [1.54, 1.807) is 78.9 Å². The SMILES string of the molecule is O=C(OCc1ccccc1)c1c(Cc2ccccc2)nc(Nc2cccc(Cl)c2)nc1C(F)(F)F. The molecule has 0 amide bonds. The number of aromatic nitrogens is 2. The summed E-state index contributed by atoms with van der Waals surface area (Å²) in [5, 5.41) is 3.13. The van der Waals surface area contributed by atoms with Gasteiger partial charge < -0.3 is 10.1 Å². The minimum absolute atomic E-state index is 0.0353. The zero-order valence-electron chi connectivity index (χ0n) is 18.2. The summed E-state index contributed by atoms with van der Waals surface area (Å²) in [6, 6.07) is 23.8. The fraction of sp³-hybridized carbons (Fsp3) is 0.115. The molecule has 0 fully saturated rings. The normalized spacial score (nSPS) is 11.2. The molecule has 4 aromatic rings. The highest BCUT2D eigenvalue weighted by Gasteiger charge is 2.40. The number of esters is 1. The Labute approximate surface area is 204 Å². The maximum atomic E-state index is 14.1. The van der Waals surface area contributed by atoms with Crippen LogP contribution in [0.3, 0.4) is 0 Å². The molecule has 178 valence electrons. The van der Waals surface area contributed by atoms with Gasteiger partial charge in [0.1, 0.15) is 12.2 Å².